The first-order valence-corrected chi connectivity index (χ1v) is 13.7. The molecule has 5 nitrogen and oxygen atoms in total. The summed E-state index contributed by atoms with van der Waals surface area (Å²) in [5.74, 6) is 0.256. The Labute approximate surface area is 218 Å². The number of hydrogen-bond acceptors (Lipinski definition) is 5. The van der Waals surface area contributed by atoms with E-state index < -0.39 is 5.97 Å². The van der Waals surface area contributed by atoms with Crippen LogP contribution in [0.15, 0.2) is 47.1 Å². The van der Waals surface area contributed by atoms with Crippen LogP contribution in [0, 0.1) is 23.2 Å². The lowest BCUT2D eigenvalue weighted by Crippen LogP contribution is -2.43. The van der Waals surface area contributed by atoms with Crippen molar-refractivity contribution >= 4 is 34.8 Å². The molecule has 4 aliphatic carbocycles. The lowest BCUT2D eigenvalue weighted by Gasteiger charge is -2.49. The van der Waals surface area contributed by atoms with Gasteiger partial charge in [-0.15, -0.1) is 11.6 Å². The van der Waals surface area contributed by atoms with E-state index >= 15 is 0 Å². The van der Waals surface area contributed by atoms with Gasteiger partial charge in [-0.25, -0.2) is 0 Å². The van der Waals surface area contributed by atoms with Gasteiger partial charge in [0.2, 0.25) is 0 Å². The summed E-state index contributed by atoms with van der Waals surface area (Å²) >= 11 is 5.52. The Balaban J connectivity index is 1.38. The predicted octanol–water partition coefficient (Wildman–Crippen LogP) is 5.62. The van der Waals surface area contributed by atoms with Gasteiger partial charge in [-0.3, -0.25) is 14.4 Å². The van der Waals surface area contributed by atoms with Crippen molar-refractivity contribution in [1.82, 2.24) is 0 Å². The number of carbonyl (C=O) groups excluding carboxylic acids is 3. The first-order chi connectivity index (χ1) is 17.2. The number of Topliss-reactive ketones (excluding diaryl/α,β-unsaturated/α-hetero) is 1. The smallest absolute Gasteiger partial charge is 0.321 e. The van der Waals surface area contributed by atoms with Crippen LogP contribution in [0.4, 0.5) is 5.69 Å². The molecule has 1 aromatic rings. The van der Waals surface area contributed by atoms with Gasteiger partial charge in [-0.2, -0.15) is 0 Å². The number of anilines is 1. The summed E-state index contributed by atoms with van der Waals surface area (Å²) < 4.78 is 5.08. The number of fused-ring (bicyclic) bond motifs is 4. The van der Waals surface area contributed by atoms with E-state index in [0.29, 0.717) is 11.8 Å². The Bertz CT molecular complexity index is 1130. The van der Waals surface area contributed by atoms with E-state index in [1.165, 1.54) is 11.1 Å². The quantitative estimate of drug-likeness (QED) is 0.368. The number of ether oxygens (including phenoxy) is 1. The average molecular weight is 510 g/mol. The van der Waals surface area contributed by atoms with Crippen LogP contribution in [0.3, 0.4) is 0 Å². The molecule has 192 valence electrons. The summed E-state index contributed by atoms with van der Waals surface area (Å²) in [5, 5.41) is 0. The Hall–Kier alpha value is -2.40. The monoisotopic (exact) mass is 509 g/mol. The molecule has 0 heterocycles. The van der Waals surface area contributed by atoms with Crippen LogP contribution in [0.5, 0.6) is 0 Å². The lowest BCUT2D eigenvalue weighted by atomic mass is 9.55. The van der Waals surface area contributed by atoms with Crippen LogP contribution in [0.25, 0.3) is 0 Å². The van der Waals surface area contributed by atoms with Crippen molar-refractivity contribution in [1.29, 1.82) is 0 Å². The highest BCUT2D eigenvalue weighted by Crippen LogP contribution is 2.62. The minimum Gasteiger partial charge on any atom is -0.457 e. The molecule has 0 aromatic heterocycles. The molecule has 0 amide bonds. The van der Waals surface area contributed by atoms with Crippen LogP contribution in [0.2, 0.25) is 0 Å². The molecule has 5 rings (SSSR count). The highest BCUT2D eigenvalue weighted by atomic mass is 35.5. The number of esters is 1. The molecule has 6 heteroatoms. The van der Waals surface area contributed by atoms with E-state index in [0.717, 1.165) is 56.2 Å². The van der Waals surface area contributed by atoms with Gasteiger partial charge in [0.1, 0.15) is 12.5 Å². The third kappa shape index (κ3) is 4.34. The molecule has 2 saturated carbocycles. The van der Waals surface area contributed by atoms with E-state index in [9.17, 15) is 14.4 Å². The fraction of sp³-hybridized carbons (Fsp3) is 0.567. The van der Waals surface area contributed by atoms with Gasteiger partial charge < -0.3 is 9.64 Å². The third-order valence-corrected chi connectivity index (χ3v) is 9.75. The van der Waals surface area contributed by atoms with Crippen LogP contribution >= 0.6 is 11.6 Å². The van der Waals surface area contributed by atoms with Gasteiger partial charge in [-0.1, -0.05) is 24.6 Å². The van der Waals surface area contributed by atoms with Gasteiger partial charge in [0.25, 0.3) is 0 Å². The maximum Gasteiger partial charge on any atom is 0.321 e. The topological polar surface area (TPSA) is 63.7 Å². The van der Waals surface area contributed by atoms with Crippen molar-refractivity contribution in [2.45, 2.75) is 57.8 Å². The van der Waals surface area contributed by atoms with Gasteiger partial charge in [0.15, 0.2) is 11.6 Å². The second-order valence-corrected chi connectivity index (χ2v) is 11.7. The van der Waals surface area contributed by atoms with Crippen LogP contribution in [0.1, 0.15) is 63.4 Å². The minimum atomic E-state index is -0.537. The number of nitrogens with zero attached hydrogens (tertiary/aromatic N) is 1. The number of ketones is 2. The number of carbonyl (C=O) groups is 3. The van der Waals surface area contributed by atoms with Crippen LogP contribution in [-0.4, -0.2) is 44.1 Å². The van der Waals surface area contributed by atoms with Crippen molar-refractivity contribution in [2.75, 3.05) is 31.5 Å². The number of hydrogen-bond donors (Lipinski definition) is 0. The summed E-state index contributed by atoms with van der Waals surface area (Å²) in [6, 6.07) is 8.39. The largest absolute Gasteiger partial charge is 0.457 e. The molecule has 0 radical (unpaired) electrons. The number of allylic oxidation sites excluding steroid dienone is 4. The molecule has 1 aromatic carbocycles. The van der Waals surface area contributed by atoms with Gasteiger partial charge in [0.05, 0.1) is 5.92 Å². The maximum atomic E-state index is 13.1. The summed E-state index contributed by atoms with van der Waals surface area (Å²) in [6.07, 6.45) is 8.56. The zero-order chi connectivity index (χ0) is 25.6. The van der Waals surface area contributed by atoms with E-state index in [2.05, 4.69) is 36.1 Å². The molecule has 2 fully saturated rings. The second kappa shape index (κ2) is 9.81. The minimum absolute atomic E-state index is 0.0375. The Morgan fingerprint density at radius 1 is 1.11 bits per heavy atom. The molecule has 5 atom stereocenters. The molecule has 0 bridgehead atoms. The first-order valence-electron chi connectivity index (χ1n) is 13.2. The second-order valence-electron chi connectivity index (χ2n) is 11.5. The van der Waals surface area contributed by atoms with Crippen molar-refractivity contribution in [3.63, 3.8) is 0 Å². The van der Waals surface area contributed by atoms with Gasteiger partial charge >= 0.3 is 5.97 Å². The van der Waals surface area contributed by atoms with Crippen molar-refractivity contribution in [2.24, 2.45) is 23.2 Å². The fourth-order valence-electron chi connectivity index (χ4n) is 7.64. The number of halogens is 1. The normalized spacial score (nSPS) is 31.2. The summed E-state index contributed by atoms with van der Waals surface area (Å²) in [5.41, 5.74) is 6.36. The molecule has 1 unspecified atom stereocenters. The number of alkyl halides is 1. The molecular weight excluding hydrogens is 474 g/mol. The molecule has 0 aliphatic heterocycles. The van der Waals surface area contributed by atoms with Crippen LogP contribution < -0.4 is 4.90 Å². The molecule has 4 aliphatic rings. The maximum absolute atomic E-state index is 13.1. The van der Waals surface area contributed by atoms with E-state index in [4.69, 9.17) is 16.3 Å². The Kier molecular flexibility index (Phi) is 6.88. The number of rotatable bonds is 6. The van der Waals surface area contributed by atoms with Gasteiger partial charge in [-0.05, 0) is 97.1 Å². The predicted molar refractivity (Wildman–Crippen MR) is 141 cm³/mol. The average Bonchev–Trinajstić information content (AvgIpc) is 3.23. The van der Waals surface area contributed by atoms with Crippen molar-refractivity contribution in [3.8, 4) is 0 Å². The molecular formula is C30H36ClNO4. The first kappa shape index (κ1) is 25.3. The summed E-state index contributed by atoms with van der Waals surface area (Å²) in [7, 11) is 4.05. The summed E-state index contributed by atoms with van der Waals surface area (Å²) in [6.45, 7) is 2.11. The zero-order valence-electron chi connectivity index (χ0n) is 21.5. The molecule has 0 saturated heterocycles. The fourth-order valence-corrected chi connectivity index (χ4v) is 7.72. The lowest BCUT2D eigenvalue weighted by molar-refractivity contribution is -0.148. The van der Waals surface area contributed by atoms with Crippen molar-refractivity contribution < 1.29 is 19.1 Å². The van der Waals surface area contributed by atoms with Gasteiger partial charge in [0, 0.05) is 25.7 Å². The number of benzene rings is 1. The highest BCUT2D eigenvalue weighted by molar-refractivity contribution is 6.26. The van der Waals surface area contributed by atoms with Crippen LogP contribution in [-0.2, 0) is 19.1 Å². The molecule has 0 N–H and O–H groups in total. The Morgan fingerprint density at radius 2 is 1.86 bits per heavy atom. The highest BCUT2D eigenvalue weighted by Gasteiger charge is 2.55. The van der Waals surface area contributed by atoms with E-state index in [-0.39, 0.29) is 41.3 Å². The third-order valence-electron chi connectivity index (χ3n) is 9.53. The molecule has 36 heavy (non-hydrogen) atoms. The van der Waals surface area contributed by atoms with E-state index in [1.54, 1.807) is 5.57 Å². The zero-order valence-corrected chi connectivity index (χ0v) is 22.3. The Morgan fingerprint density at radius 3 is 2.56 bits per heavy atom. The summed E-state index contributed by atoms with van der Waals surface area (Å²) in [4.78, 5) is 39.7. The molecule has 0 spiro atoms. The van der Waals surface area contributed by atoms with Crippen molar-refractivity contribution in [3.05, 3.63) is 52.6 Å². The van der Waals surface area contributed by atoms with E-state index in [1.807, 2.05) is 20.2 Å². The standard InChI is InChI=1S/C30H36ClNO4/c1-30-13-12-21-22(25(30)10-11-26(30)28(34)17-36-29(35)16-31)9-6-19-14-27(33)24(15-23(19)21)18-4-7-20(8-5-18)32(2)3/h4-5,7-8,14,22,24-26H,6,9-13,15-17H2,1-3H3/t22-,24?,25+,26-,30+/m1/s1. The SMILES string of the molecule is CN(C)c1ccc(C2CC3=C4CC[C@]5(C)[C@@H](C(=O)COC(=O)CCl)CC[C@H]5[C@@H]4CCC3=CC2=O)cc1.